The Morgan fingerprint density at radius 1 is 1.77 bits per heavy atom. The first-order chi connectivity index (χ1) is 6.27. The Morgan fingerprint density at radius 3 is 3.00 bits per heavy atom. The zero-order chi connectivity index (χ0) is 9.26. The summed E-state index contributed by atoms with van der Waals surface area (Å²) in [6, 6.07) is 0. The molecular weight excluding hydrogens is 166 g/mol. The fourth-order valence-electron chi connectivity index (χ4n) is 1.48. The van der Waals surface area contributed by atoms with E-state index in [0.717, 1.165) is 13.1 Å². The molecule has 1 fully saturated rings. The molecule has 0 spiro atoms. The Kier molecular flexibility index (Phi) is 2.14. The van der Waals surface area contributed by atoms with Gasteiger partial charge in [0, 0.05) is 25.9 Å². The highest BCUT2D eigenvalue weighted by Gasteiger charge is 2.22. The summed E-state index contributed by atoms with van der Waals surface area (Å²) < 4.78 is 1.77. The molecule has 1 saturated heterocycles. The van der Waals surface area contributed by atoms with E-state index in [4.69, 9.17) is 0 Å². The van der Waals surface area contributed by atoms with E-state index in [1.54, 1.807) is 17.0 Å². The van der Waals surface area contributed by atoms with Gasteiger partial charge in [0.25, 0.3) is 0 Å². The molecule has 1 aliphatic heterocycles. The molecule has 1 aliphatic rings. The fraction of sp³-hybridized carbons (Fsp3) is 0.556. The summed E-state index contributed by atoms with van der Waals surface area (Å²) >= 11 is 0. The van der Waals surface area contributed by atoms with E-state index in [1.807, 2.05) is 7.05 Å². The monoisotopic (exact) mass is 179 g/mol. The average Bonchev–Trinajstić information content (AvgIpc) is 2.43. The Morgan fingerprint density at radius 2 is 2.54 bits per heavy atom. The van der Waals surface area contributed by atoms with Crippen LogP contribution in [0.5, 0.6) is 0 Å². The van der Waals surface area contributed by atoms with Crippen LogP contribution in [-0.2, 0) is 7.05 Å². The summed E-state index contributed by atoms with van der Waals surface area (Å²) in [6.45, 7) is 1.94. The molecule has 70 valence electrons. The van der Waals surface area contributed by atoms with Gasteiger partial charge in [0.2, 0.25) is 0 Å². The molecule has 0 radical (unpaired) electrons. The lowest BCUT2D eigenvalue weighted by atomic mass is 9.96. The largest absolute Gasteiger partial charge is 0.332 e. The molecule has 0 amide bonds. The SMILES string of the molecule is Cn1ccnc1C(=O)CC1CNC1. The molecule has 1 N–H and O–H groups in total. The number of aromatic nitrogens is 2. The van der Waals surface area contributed by atoms with Crippen molar-refractivity contribution in [1.29, 1.82) is 0 Å². The molecule has 0 bridgehead atoms. The fourth-order valence-corrected chi connectivity index (χ4v) is 1.48. The molecule has 0 aliphatic carbocycles. The van der Waals surface area contributed by atoms with Crippen LogP contribution in [0.2, 0.25) is 0 Å². The molecule has 0 atom stereocenters. The van der Waals surface area contributed by atoms with Gasteiger partial charge in [-0.15, -0.1) is 0 Å². The minimum absolute atomic E-state index is 0.152. The summed E-state index contributed by atoms with van der Waals surface area (Å²) in [5.74, 6) is 1.25. The highest BCUT2D eigenvalue weighted by Crippen LogP contribution is 2.11. The third-order valence-electron chi connectivity index (χ3n) is 2.41. The second kappa shape index (κ2) is 3.30. The Labute approximate surface area is 77.0 Å². The van der Waals surface area contributed by atoms with Crippen LogP contribution in [0.1, 0.15) is 17.0 Å². The standard InChI is InChI=1S/C9H13N3O/c1-12-3-2-11-9(12)8(13)4-7-5-10-6-7/h2-3,7,10H,4-6H2,1H3. The van der Waals surface area contributed by atoms with Crippen LogP contribution in [0.15, 0.2) is 12.4 Å². The van der Waals surface area contributed by atoms with Crippen LogP contribution in [0.4, 0.5) is 0 Å². The summed E-state index contributed by atoms with van der Waals surface area (Å²) in [5, 5.41) is 3.15. The van der Waals surface area contributed by atoms with Crippen molar-refractivity contribution in [2.45, 2.75) is 6.42 Å². The third-order valence-corrected chi connectivity index (χ3v) is 2.41. The zero-order valence-corrected chi connectivity index (χ0v) is 7.66. The number of carbonyl (C=O) groups excluding carboxylic acids is 1. The normalized spacial score (nSPS) is 17.0. The number of ketones is 1. The van der Waals surface area contributed by atoms with Crippen molar-refractivity contribution < 1.29 is 4.79 Å². The van der Waals surface area contributed by atoms with Crippen molar-refractivity contribution >= 4 is 5.78 Å². The van der Waals surface area contributed by atoms with E-state index >= 15 is 0 Å². The van der Waals surface area contributed by atoms with Gasteiger partial charge in [-0.3, -0.25) is 4.79 Å². The van der Waals surface area contributed by atoms with Gasteiger partial charge in [-0.25, -0.2) is 4.98 Å². The number of imidazole rings is 1. The van der Waals surface area contributed by atoms with E-state index < -0.39 is 0 Å². The molecule has 2 rings (SSSR count). The van der Waals surface area contributed by atoms with Crippen molar-refractivity contribution in [1.82, 2.24) is 14.9 Å². The van der Waals surface area contributed by atoms with Crippen LogP contribution >= 0.6 is 0 Å². The van der Waals surface area contributed by atoms with Gasteiger partial charge in [-0.1, -0.05) is 0 Å². The molecule has 1 aromatic heterocycles. The van der Waals surface area contributed by atoms with Crippen molar-refractivity contribution in [3.8, 4) is 0 Å². The number of rotatable bonds is 3. The molecule has 1 aromatic rings. The van der Waals surface area contributed by atoms with E-state index in [9.17, 15) is 4.79 Å². The van der Waals surface area contributed by atoms with Gasteiger partial charge in [0.05, 0.1) is 0 Å². The maximum Gasteiger partial charge on any atom is 0.198 e. The maximum atomic E-state index is 11.6. The number of nitrogens with one attached hydrogen (secondary N) is 1. The minimum atomic E-state index is 0.152. The summed E-state index contributed by atoms with van der Waals surface area (Å²) in [7, 11) is 1.85. The van der Waals surface area contributed by atoms with E-state index in [-0.39, 0.29) is 5.78 Å². The number of hydrogen-bond donors (Lipinski definition) is 1. The summed E-state index contributed by atoms with van der Waals surface area (Å²) in [4.78, 5) is 15.6. The van der Waals surface area contributed by atoms with Crippen LogP contribution in [-0.4, -0.2) is 28.4 Å². The van der Waals surface area contributed by atoms with E-state index in [2.05, 4.69) is 10.3 Å². The quantitative estimate of drug-likeness (QED) is 0.675. The molecule has 4 nitrogen and oxygen atoms in total. The number of nitrogens with zero attached hydrogens (tertiary/aromatic N) is 2. The Bertz CT molecular complexity index is 314. The lowest BCUT2D eigenvalue weighted by Gasteiger charge is -2.25. The van der Waals surface area contributed by atoms with Gasteiger partial charge in [0.1, 0.15) is 0 Å². The third kappa shape index (κ3) is 1.62. The van der Waals surface area contributed by atoms with Gasteiger partial charge < -0.3 is 9.88 Å². The Balaban J connectivity index is 2.00. The number of hydrogen-bond acceptors (Lipinski definition) is 3. The molecule has 13 heavy (non-hydrogen) atoms. The lowest BCUT2D eigenvalue weighted by molar-refractivity contribution is 0.0932. The first kappa shape index (κ1) is 8.44. The summed E-state index contributed by atoms with van der Waals surface area (Å²) in [6.07, 6.45) is 4.08. The first-order valence-corrected chi connectivity index (χ1v) is 4.48. The van der Waals surface area contributed by atoms with Crippen LogP contribution in [0, 0.1) is 5.92 Å². The number of Topliss-reactive ketones (excluding diaryl/α,β-unsaturated/α-hetero) is 1. The molecule has 0 saturated carbocycles. The van der Waals surface area contributed by atoms with Gasteiger partial charge >= 0.3 is 0 Å². The molecule has 2 heterocycles. The van der Waals surface area contributed by atoms with Gasteiger partial charge in [0.15, 0.2) is 11.6 Å². The van der Waals surface area contributed by atoms with Crippen LogP contribution < -0.4 is 5.32 Å². The Hall–Kier alpha value is -1.16. The van der Waals surface area contributed by atoms with Crippen molar-refractivity contribution in [3.63, 3.8) is 0 Å². The van der Waals surface area contributed by atoms with E-state index in [0.29, 0.717) is 18.2 Å². The van der Waals surface area contributed by atoms with Crippen molar-refractivity contribution in [2.24, 2.45) is 13.0 Å². The van der Waals surface area contributed by atoms with Gasteiger partial charge in [-0.2, -0.15) is 0 Å². The van der Waals surface area contributed by atoms with Gasteiger partial charge in [-0.05, 0) is 19.0 Å². The topological polar surface area (TPSA) is 46.9 Å². The highest BCUT2D eigenvalue weighted by molar-refractivity contribution is 5.93. The highest BCUT2D eigenvalue weighted by atomic mass is 16.1. The molecule has 0 aromatic carbocycles. The zero-order valence-electron chi connectivity index (χ0n) is 7.66. The van der Waals surface area contributed by atoms with Crippen LogP contribution in [0.25, 0.3) is 0 Å². The first-order valence-electron chi connectivity index (χ1n) is 4.48. The lowest BCUT2D eigenvalue weighted by Crippen LogP contribution is -2.43. The predicted octanol–water partition coefficient (Wildman–Crippen LogP) is 0.212. The van der Waals surface area contributed by atoms with E-state index in [1.165, 1.54) is 0 Å². The number of aryl methyl sites for hydroxylation is 1. The number of carbonyl (C=O) groups is 1. The van der Waals surface area contributed by atoms with Crippen LogP contribution in [0.3, 0.4) is 0 Å². The second-order valence-corrected chi connectivity index (χ2v) is 3.51. The summed E-state index contributed by atoms with van der Waals surface area (Å²) in [5.41, 5.74) is 0. The average molecular weight is 179 g/mol. The van der Waals surface area contributed by atoms with Crippen molar-refractivity contribution in [3.05, 3.63) is 18.2 Å². The molecular formula is C9H13N3O. The second-order valence-electron chi connectivity index (χ2n) is 3.51. The molecule has 0 unspecified atom stereocenters. The minimum Gasteiger partial charge on any atom is -0.332 e. The predicted molar refractivity (Wildman–Crippen MR) is 48.5 cm³/mol. The smallest absolute Gasteiger partial charge is 0.198 e. The van der Waals surface area contributed by atoms with Crippen molar-refractivity contribution in [2.75, 3.05) is 13.1 Å². The maximum absolute atomic E-state index is 11.6. The molecule has 4 heteroatoms.